The van der Waals surface area contributed by atoms with Gasteiger partial charge in [-0.15, -0.1) is 41.3 Å². The van der Waals surface area contributed by atoms with E-state index in [0.29, 0.717) is 18.2 Å². The summed E-state index contributed by atoms with van der Waals surface area (Å²) in [5.41, 5.74) is 13.5. The number of ether oxygens (including phenoxy) is 1. The Kier molecular flexibility index (Phi) is 13.4. The molecule has 0 N–H and O–H groups in total. The Bertz CT molecular complexity index is 3050. The molecule has 0 unspecified atom stereocenters. The molecule has 0 spiro atoms. The first-order chi connectivity index (χ1) is 30.7. The summed E-state index contributed by atoms with van der Waals surface area (Å²) < 4.78 is 9.17. The fourth-order valence-corrected chi connectivity index (χ4v) is 8.65. The molecule has 6 heteroatoms. The number of benzene rings is 6. The summed E-state index contributed by atoms with van der Waals surface area (Å²) in [7, 11) is 0. The van der Waals surface area contributed by atoms with E-state index in [2.05, 4.69) is 243 Å². The van der Waals surface area contributed by atoms with Crippen LogP contribution < -0.4 is 14.5 Å². The maximum absolute atomic E-state index is 6.93. The van der Waals surface area contributed by atoms with Crippen LogP contribution in [0.4, 0.5) is 11.4 Å². The molecule has 0 radical (unpaired) electrons. The van der Waals surface area contributed by atoms with Gasteiger partial charge in [-0.25, -0.2) is 4.98 Å². The zero-order chi connectivity index (χ0) is 46.1. The van der Waals surface area contributed by atoms with E-state index in [1.807, 2.05) is 12.3 Å². The van der Waals surface area contributed by atoms with E-state index >= 15 is 0 Å². The SMILES string of the molecule is CC(C)(C)c1cc(Oc2[c-]c3c(cc2)c2cc(-c4ccccc4)ccc2n3-c2cc(C(C)(C)C)ccn2)[c-]c(N2CN(c3cc(C(C)(C)C)cc(C(C)(C)C)c3)C=C2c2ccccc2)c1.[CH3-].[Pt]. The van der Waals surface area contributed by atoms with Crippen LogP contribution in [0, 0.1) is 19.6 Å². The molecule has 0 aliphatic carbocycles. The molecule has 0 saturated heterocycles. The third-order valence-corrected chi connectivity index (χ3v) is 12.7. The zero-order valence-electron chi connectivity index (χ0n) is 41.6. The number of rotatable bonds is 7. The van der Waals surface area contributed by atoms with E-state index in [0.717, 1.165) is 55.7 Å². The molecule has 0 bridgehead atoms. The average molecular weight is 1070 g/mol. The fraction of sp³-hybridized carbons (Fsp3) is 0.279. The van der Waals surface area contributed by atoms with Crippen molar-refractivity contribution in [1.29, 1.82) is 0 Å². The molecule has 1 aliphatic heterocycles. The Morgan fingerprint density at radius 2 is 1.12 bits per heavy atom. The number of fused-ring (bicyclic) bond motifs is 3. The Morgan fingerprint density at radius 1 is 0.522 bits per heavy atom. The van der Waals surface area contributed by atoms with Crippen LogP contribution in [0.1, 0.15) is 111 Å². The third kappa shape index (κ3) is 10.0. The van der Waals surface area contributed by atoms with Gasteiger partial charge in [0.15, 0.2) is 0 Å². The zero-order valence-corrected chi connectivity index (χ0v) is 43.8. The summed E-state index contributed by atoms with van der Waals surface area (Å²) in [5, 5.41) is 2.22. The van der Waals surface area contributed by atoms with Gasteiger partial charge in [0, 0.05) is 56.2 Å². The van der Waals surface area contributed by atoms with Gasteiger partial charge < -0.3 is 26.5 Å². The molecule has 2 aromatic heterocycles. The van der Waals surface area contributed by atoms with Crippen molar-refractivity contribution < 1.29 is 25.8 Å². The van der Waals surface area contributed by atoms with Gasteiger partial charge in [-0.1, -0.05) is 173 Å². The quantitative estimate of drug-likeness (QED) is 0.149. The summed E-state index contributed by atoms with van der Waals surface area (Å²) in [5.74, 6) is 2.10. The molecule has 6 aromatic carbocycles. The molecule has 67 heavy (non-hydrogen) atoms. The third-order valence-electron chi connectivity index (χ3n) is 12.7. The number of anilines is 2. The molecular formula is C61H65N4OPt-3. The van der Waals surface area contributed by atoms with Crippen molar-refractivity contribution in [2.24, 2.45) is 0 Å². The van der Waals surface area contributed by atoms with Gasteiger partial charge in [-0.3, -0.25) is 0 Å². The van der Waals surface area contributed by atoms with Crippen LogP contribution in [0.25, 0.3) is 44.4 Å². The second-order valence-corrected chi connectivity index (χ2v) is 21.8. The van der Waals surface area contributed by atoms with Gasteiger partial charge in [0.25, 0.3) is 0 Å². The monoisotopic (exact) mass is 1060 g/mol. The average Bonchev–Trinajstić information content (AvgIpc) is 3.86. The van der Waals surface area contributed by atoms with Crippen molar-refractivity contribution in [2.45, 2.75) is 105 Å². The maximum atomic E-state index is 6.93. The Morgan fingerprint density at radius 3 is 1.73 bits per heavy atom. The second kappa shape index (κ2) is 18.3. The normalized spacial score (nSPS) is 13.4. The number of pyridine rings is 1. The van der Waals surface area contributed by atoms with Crippen molar-refractivity contribution in [3.8, 4) is 28.4 Å². The standard InChI is InChI=1S/C60H62N4O.CH3.Pt/c1-57(2,3)43-27-28-61-56(35-43)64-53-26-23-42(40-19-15-13-16-20-40)29-52(53)51-25-24-49(37-54(51)64)65-50-34-46(60(10,11)12)33-48(36-50)63-39-62(38-55(63)41-21-17-14-18-22-41)47-31-44(58(4,5)6)30-45(32-47)59(7,8)9;;/h13-35,38H,39H2,1-12H3;1H3;/q-2;-1;. The molecule has 5 nitrogen and oxygen atoms in total. The number of hydrogen-bond donors (Lipinski definition) is 0. The van der Waals surface area contributed by atoms with Crippen LogP contribution in [0.5, 0.6) is 11.5 Å². The minimum atomic E-state index is -0.166. The van der Waals surface area contributed by atoms with Gasteiger partial charge in [0.2, 0.25) is 0 Å². The number of hydrogen-bond acceptors (Lipinski definition) is 4. The number of nitrogens with zero attached hydrogens (tertiary/aromatic N) is 4. The van der Waals surface area contributed by atoms with Crippen molar-refractivity contribution in [3.05, 3.63) is 193 Å². The smallest absolute Gasteiger partial charge is 0.135 e. The van der Waals surface area contributed by atoms with Crippen molar-refractivity contribution in [1.82, 2.24) is 9.55 Å². The van der Waals surface area contributed by atoms with Gasteiger partial charge >= 0.3 is 0 Å². The minimum absolute atomic E-state index is 0. The Balaban J connectivity index is 0.00000333. The van der Waals surface area contributed by atoms with Crippen LogP contribution in [-0.4, -0.2) is 16.2 Å². The maximum Gasteiger partial charge on any atom is 0.135 e. The molecule has 1 aliphatic rings. The fourth-order valence-electron chi connectivity index (χ4n) is 8.65. The van der Waals surface area contributed by atoms with Crippen LogP contribution in [0.15, 0.2) is 146 Å². The summed E-state index contributed by atoms with van der Waals surface area (Å²) >= 11 is 0. The van der Waals surface area contributed by atoms with Crippen molar-refractivity contribution in [3.63, 3.8) is 0 Å². The molecule has 9 rings (SSSR count). The van der Waals surface area contributed by atoms with Gasteiger partial charge in [0.1, 0.15) is 5.82 Å². The van der Waals surface area contributed by atoms with Crippen molar-refractivity contribution >= 4 is 38.9 Å². The first-order valence-electron chi connectivity index (χ1n) is 23.0. The van der Waals surface area contributed by atoms with E-state index in [-0.39, 0.29) is 50.2 Å². The predicted molar refractivity (Wildman–Crippen MR) is 280 cm³/mol. The molecule has 8 aromatic rings. The first kappa shape index (κ1) is 49.0. The van der Waals surface area contributed by atoms with Crippen LogP contribution in [-0.2, 0) is 42.7 Å². The van der Waals surface area contributed by atoms with E-state index in [1.165, 1.54) is 27.9 Å². The van der Waals surface area contributed by atoms with Gasteiger partial charge in [-0.2, -0.15) is 6.07 Å². The van der Waals surface area contributed by atoms with E-state index in [4.69, 9.17) is 9.72 Å². The summed E-state index contributed by atoms with van der Waals surface area (Å²) in [4.78, 5) is 9.72. The Labute approximate surface area is 414 Å². The molecule has 0 atom stereocenters. The van der Waals surface area contributed by atoms with E-state index in [1.54, 1.807) is 0 Å². The van der Waals surface area contributed by atoms with E-state index in [9.17, 15) is 0 Å². The van der Waals surface area contributed by atoms with Crippen LogP contribution in [0.3, 0.4) is 0 Å². The first-order valence-corrected chi connectivity index (χ1v) is 23.0. The summed E-state index contributed by atoms with van der Waals surface area (Å²) in [6.45, 7) is 27.9. The molecule has 0 fully saturated rings. The van der Waals surface area contributed by atoms with Crippen molar-refractivity contribution in [2.75, 3.05) is 16.5 Å². The van der Waals surface area contributed by atoms with E-state index < -0.39 is 0 Å². The summed E-state index contributed by atoms with van der Waals surface area (Å²) in [6.07, 6.45) is 4.22. The van der Waals surface area contributed by atoms with Gasteiger partial charge in [0.05, 0.1) is 12.4 Å². The summed E-state index contributed by atoms with van der Waals surface area (Å²) in [6, 6.07) is 55.5. The van der Waals surface area contributed by atoms with Crippen LogP contribution >= 0.6 is 0 Å². The molecule has 3 heterocycles. The second-order valence-electron chi connectivity index (χ2n) is 21.8. The molecule has 0 amide bonds. The molecular weight excluding hydrogens is 1000 g/mol. The molecule has 348 valence electrons. The largest absolute Gasteiger partial charge is 0.509 e. The predicted octanol–water partition coefficient (Wildman–Crippen LogP) is 16.2. The topological polar surface area (TPSA) is 33.5 Å². The Hall–Kier alpha value is -5.90. The number of aromatic nitrogens is 2. The van der Waals surface area contributed by atoms with Gasteiger partial charge in [-0.05, 0) is 90.8 Å². The molecule has 0 saturated carbocycles. The van der Waals surface area contributed by atoms with Crippen LogP contribution in [0.2, 0.25) is 0 Å². The minimum Gasteiger partial charge on any atom is -0.509 e.